The molecule has 2 N–H and O–H groups in total. The van der Waals surface area contributed by atoms with Gasteiger partial charge in [-0.15, -0.1) is 10.1 Å². The molecule has 0 aliphatic carbocycles. The Morgan fingerprint density at radius 2 is 1.67 bits per heavy atom. The van der Waals surface area contributed by atoms with Crippen molar-refractivity contribution in [2.24, 2.45) is 0 Å². The molecule has 1 fully saturated rings. The van der Waals surface area contributed by atoms with E-state index in [1.54, 1.807) is 28.9 Å². The molecule has 1 aliphatic rings. The second kappa shape index (κ2) is 8.63. The summed E-state index contributed by atoms with van der Waals surface area (Å²) in [5.41, 5.74) is 6.42. The summed E-state index contributed by atoms with van der Waals surface area (Å²) in [4.78, 5) is 25.6. The van der Waals surface area contributed by atoms with Crippen LogP contribution in [0, 0.1) is 6.92 Å². The van der Waals surface area contributed by atoms with Gasteiger partial charge in [-0.3, -0.25) is 9.59 Å². The summed E-state index contributed by atoms with van der Waals surface area (Å²) < 4.78 is 2.75. The zero-order chi connectivity index (χ0) is 21.1. The van der Waals surface area contributed by atoms with E-state index in [4.69, 9.17) is 0 Å². The maximum atomic E-state index is 12.9. The van der Waals surface area contributed by atoms with Crippen LogP contribution in [0.2, 0.25) is 0 Å². The number of carbonyl (C=O) groups is 2. The number of hydrogen-bond acceptors (Lipinski definition) is 2. The third-order valence-electron chi connectivity index (χ3n) is 5.04. The maximum absolute atomic E-state index is 12.9. The molecule has 1 aliphatic heterocycles. The number of halogens is 1. The average molecular weight is 463 g/mol. The first kappa shape index (κ1) is 20.0. The van der Waals surface area contributed by atoms with Gasteiger partial charge in [-0.2, -0.15) is 0 Å². The Hall–Kier alpha value is -3.25. The molecule has 150 valence electrons. The van der Waals surface area contributed by atoms with E-state index in [0.717, 1.165) is 21.2 Å². The van der Waals surface area contributed by atoms with Crippen molar-refractivity contribution in [3.8, 4) is 0 Å². The lowest BCUT2D eigenvalue weighted by molar-refractivity contribution is -0.596. The van der Waals surface area contributed by atoms with Crippen LogP contribution in [-0.4, -0.2) is 28.8 Å². The Bertz CT molecular complexity index is 1090. The van der Waals surface area contributed by atoms with E-state index < -0.39 is 6.04 Å². The van der Waals surface area contributed by atoms with Gasteiger partial charge in [0.15, 0.2) is 6.04 Å². The molecule has 2 atom stereocenters. The van der Waals surface area contributed by atoms with Crippen molar-refractivity contribution in [1.82, 2.24) is 10.7 Å². The van der Waals surface area contributed by atoms with E-state index in [-0.39, 0.29) is 17.9 Å². The van der Waals surface area contributed by atoms with Crippen LogP contribution in [0.25, 0.3) is 0 Å². The highest BCUT2D eigenvalue weighted by molar-refractivity contribution is 9.10. The van der Waals surface area contributed by atoms with Gasteiger partial charge < -0.3 is 5.32 Å². The summed E-state index contributed by atoms with van der Waals surface area (Å²) in [5.74, 6) is -0.531. The van der Waals surface area contributed by atoms with Crippen molar-refractivity contribution in [1.29, 1.82) is 0 Å². The Kier molecular flexibility index (Phi) is 5.77. The summed E-state index contributed by atoms with van der Waals surface area (Å²) >= 11 is 3.44. The molecular weight excluding hydrogens is 442 g/mol. The maximum Gasteiger partial charge on any atom is 0.304 e. The average Bonchev–Trinajstić information content (AvgIpc) is 3.05. The molecule has 3 aromatic rings. The summed E-state index contributed by atoms with van der Waals surface area (Å²) in [6.07, 6.45) is 1.88. The van der Waals surface area contributed by atoms with Gasteiger partial charge in [0.2, 0.25) is 12.3 Å². The number of hydrogen-bond donors (Lipinski definition) is 2. The Morgan fingerprint density at radius 3 is 2.33 bits per heavy atom. The molecule has 0 aromatic heterocycles. The molecular formula is C24H21BrN3O2+. The number of nitrogens with zero attached hydrogens (tertiary/aromatic N) is 1. The second-order valence-electron chi connectivity index (χ2n) is 7.24. The van der Waals surface area contributed by atoms with Crippen LogP contribution in [0.5, 0.6) is 0 Å². The van der Waals surface area contributed by atoms with Crippen molar-refractivity contribution in [3.63, 3.8) is 0 Å². The molecule has 0 radical (unpaired) electrons. The molecule has 1 saturated heterocycles. The third kappa shape index (κ3) is 4.33. The zero-order valence-corrected chi connectivity index (χ0v) is 18.0. The van der Waals surface area contributed by atoms with Crippen LogP contribution in [0.15, 0.2) is 83.3 Å². The molecule has 4 rings (SSSR count). The van der Waals surface area contributed by atoms with Gasteiger partial charge in [0, 0.05) is 21.2 Å². The molecule has 6 heteroatoms. The number of hydrazine groups is 1. The van der Waals surface area contributed by atoms with Crippen LogP contribution in [0.1, 0.15) is 33.1 Å². The number of benzene rings is 3. The quantitative estimate of drug-likeness (QED) is 0.579. The third-order valence-corrected chi connectivity index (χ3v) is 5.57. The minimum Gasteiger partial charge on any atom is -0.334 e. The topological polar surface area (TPSA) is 61.2 Å². The largest absolute Gasteiger partial charge is 0.334 e. The standard InChI is InChI=1S/C24H20BrN3O2/c1-16-7-11-18(12-8-16)22-21(26-23(29)19-5-3-2-4-6-19)24(30)27-28(22)15-17-9-13-20(25)14-10-17/h2-15,21-22H,1H3,(H-,26,27,29,30)/p+1/b28-15-/t21-,22+/m1/s1. The highest BCUT2D eigenvalue weighted by Gasteiger charge is 2.47. The number of aryl methyl sites for hydroxylation is 1. The molecule has 3 aromatic carbocycles. The van der Waals surface area contributed by atoms with Crippen molar-refractivity contribution >= 4 is 34.0 Å². The Labute approximate surface area is 183 Å². The minimum absolute atomic E-state index is 0.252. The van der Waals surface area contributed by atoms with Gasteiger partial charge >= 0.3 is 5.91 Å². The van der Waals surface area contributed by atoms with Crippen LogP contribution < -0.4 is 10.7 Å². The van der Waals surface area contributed by atoms with Crippen LogP contribution >= 0.6 is 15.9 Å². The second-order valence-corrected chi connectivity index (χ2v) is 8.15. The monoisotopic (exact) mass is 462 g/mol. The van der Waals surface area contributed by atoms with E-state index in [2.05, 4.69) is 26.7 Å². The van der Waals surface area contributed by atoms with E-state index >= 15 is 0 Å². The number of carbonyl (C=O) groups excluding carboxylic acids is 2. The van der Waals surface area contributed by atoms with Gasteiger partial charge in [0.25, 0.3) is 5.91 Å². The van der Waals surface area contributed by atoms with Gasteiger partial charge in [-0.1, -0.05) is 64.0 Å². The first-order chi connectivity index (χ1) is 14.5. The summed E-state index contributed by atoms with van der Waals surface area (Å²) in [6.45, 7) is 2.02. The first-order valence-corrected chi connectivity index (χ1v) is 10.4. The lowest BCUT2D eigenvalue weighted by Gasteiger charge is -2.15. The lowest BCUT2D eigenvalue weighted by Crippen LogP contribution is -2.42. The number of amides is 2. The van der Waals surface area contributed by atoms with Crippen LogP contribution in [-0.2, 0) is 4.79 Å². The minimum atomic E-state index is -0.730. The molecule has 0 saturated carbocycles. The zero-order valence-electron chi connectivity index (χ0n) is 16.4. The predicted molar refractivity (Wildman–Crippen MR) is 119 cm³/mol. The number of hydrazone groups is 1. The smallest absolute Gasteiger partial charge is 0.304 e. The fourth-order valence-electron chi connectivity index (χ4n) is 3.47. The van der Waals surface area contributed by atoms with Crippen LogP contribution in [0.3, 0.4) is 0 Å². The summed E-state index contributed by atoms with van der Waals surface area (Å²) in [7, 11) is 0. The van der Waals surface area contributed by atoms with E-state index in [9.17, 15) is 9.59 Å². The van der Waals surface area contributed by atoms with Gasteiger partial charge in [0.1, 0.15) is 0 Å². The molecule has 0 spiro atoms. The molecule has 5 nitrogen and oxygen atoms in total. The van der Waals surface area contributed by atoms with Crippen molar-refractivity contribution in [2.45, 2.75) is 19.0 Å². The van der Waals surface area contributed by atoms with Gasteiger partial charge in [-0.25, -0.2) is 0 Å². The fourth-order valence-corrected chi connectivity index (χ4v) is 3.73. The molecule has 1 heterocycles. The van der Waals surface area contributed by atoms with Crippen molar-refractivity contribution in [3.05, 3.63) is 106 Å². The Morgan fingerprint density at radius 1 is 1.00 bits per heavy atom. The van der Waals surface area contributed by atoms with E-state index in [1.165, 1.54) is 0 Å². The van der Waals surface area contributed by atoms with Crippen LogP contribution in [0.4, 0.5) is 0 Å². The van der Waals surface area contributed by atoms with Gasteiger partial charge in [0.05, 0.1) is 0 Å². The van der Waals surface area contributed by atoms with E-state index in [1.807, 2.05) is 67.7 Å². The lowest BCUT2D eigenvalue weighted by atomic mass is 9.98. The number of nitrogens with one attached hydrogen (secondary N) is 2. The first-order valence-electron chi connectivity index (χ1n) is 9.63. The van der Waals surface area contributed by atoms with Crippen molar-refractivity contribution in [2.75, 3.05) is 0 Å². The molecule has 2 amide bonds. The highest BCUT2D eigenvalue weighted by Crippen LogP contribution is 2.26. The van der Waals surface area contributed by atoms with E-state index in [0.29, 0.717) is 5.56 Å². The Balaban J connectivity index is 1.70. The molecule has 0 unspecified atom stereocenters. The number of rotatable bonds is 4. The molecule has 0 bridgehead atoms. The normalized spacial score (nSPS) is 19.5. The summed E-state index contributed by atoms with van der Waals surface area (Å²) in [6, 6.07) is 23.6. The highest BCUT2D eigenvalue weighted by atomic mass is 79.9. The van der Waals surface area contributed by atoms with Gasteiger partial charge in [-0.05, 0) is 43.3 Å². The molecule has 30 heavy (non-hydrogen) atoms. The predicted octanol–water partition coefficient (Wildman–Crippen LogP) is 3.77. The SMILES string of the molecule is Cc1ccc([C@H]2[C@@H](NC(=O)c3ccccc3)C(=O)N/[N+]2=C\c2ccc(Br)cc2)cc1. The summed E-state index contributed by atoms with van der Waals surface area (Å²) in [5, 5.41) is 2.91. The fraction of sp³-hybridized carbons (Fsp3) is 0.125. The van der Waals surface area contributed by atoms with Crippen molar-refractivity contribution < 1.29 is 14.3 Å².